The SMILES string of the molecule is CCC(=O)NCC1CCC2CC23CC13. The minimum Gasteiger partial charge on any atom is -0.356 e. The summed E-state index contributed by atoms with van der Waals surface area (Å²) >= 11 is 0. The van der Waals surface area contributed by atoms with Gasteiger partial charge in [0.05, 0.1) is 0 Å². The van der Waals surface area contributed by atoms with E-state index in [9.17, 15) is 4.79 Å². The highest BCUT2D eigenvalue weighted by Crippen LogP contribution is 2.80. The van der Waals surface area contributed by atoms with Gasteiger partial charge in [0, 0.05) is 13.0 Å². The Hall–Kier alpha value is -0.530. The number of hydrogen-bond donors (Lipinski definition) is 1. The molecule has 4 atom stereocenters. The molecule has 3 aliphatic carbocycles. The maximum Gasteiger partial charge on any atom is 0.219 e. The third kappa shape index (κ3) is 1.12. The molecule has 2 heteroatoms. The minimum absolute atomic E-state index is 0.220. The van der Waals surface area contributed by atoms with Crippen molar-refractivity contribution in [3.63, 3.8) is 0 Å². The molecule has 0 radical (unpaired) electrons. The number of carbonyl (C=O) groups excluding carboxylic acids is 1. The number of rotatable bonds is 3. The molecule has 0 heterocycles. The Morgan fingerprint density at radius 3 is 3.07 bits per heavy atom. The van der Waals surface area contributed by atoms with Crippen molar-refractivity contribution >= 4 is 5.91 Å². The summed E-state index contributed by atoms with van der Waals surface area (Å²) in [5.74, 6) is 3.10. The van der Waals surface area contributed by atoms with Crippen LogP contribution in [0.15, 0.2) is 0 Å². The second-order valence-corrected chi connectivity index (χ2v) is 5.44. The first kappa shape index (κ1) is 8.75. The number of hydrogen-bond acceptors (Lipinski definition) is 1. The molecule has 4 unspecified atom stereocenters. The van der Waals surface area contributed by atoms with Crippen molar-refractivity contribution in [2.45, 2.75) is 39.0 Å². The van der Waals surface area contributed by atoms with Gasteiger partial charge in [0.2, 0.25) is 5.91 Å². The van der Waals surface area contributed by atoms with E-state index in [1.165, 1.54) is 25.7 Å². The molecule has 1 amide bonds. The molecule has 0 aromatic rings. The number of carbonyl (C=O) groups is 1. The van der Waals surface area contributed by atoms with Crippen LogP contribution in [0.25, 0.3) is 0 Å². The van der Waals surface area contributed by atoms with E-state index in [1.54, 1.807) is 0 Å². The third-order valence-electron chi connectivity index (χ3n) is 4.80. The van der Waals surface area contributed by atoms with E-state index in [-0.39, 0.29) is 5.91 Å². The van der Waals surface area contributed by atoms with Gasteiger partial charge in [-0.3, -0.25) is 4.79 Å². The molecule has 3 saturated carbocycles. The lowest BCUT2D eigenvalue weighted by Gasteiger charge is -2.21. The molecular formula is C12H19NO. The molecule has 3 aliphatic rings. The predicted molar refractivity (Wildman–Crippen MR) is 54.7 cm³/mol. The van der Waals surface area contributed by atoms with Crippen molar-refractivity contribution in [1.82, 2.24) is 5.32 Å². The maximum absolute atomic E-state index is 11.2. The monoisotopic (exact) mass is 193 g/mol. The molecule has 1 spiro atoms. The predicted octanol–water partition coefficient (Wildman–Crippen LogP) is 1.95. The summed E-state index contributed by atoms with van der Waals surface area (Å²) in [6.07, 6.45) is 6.41. The smallest absolute Gasteiger partial charge is 0.219 e. The van der Waals surface area contributed by atoms with Crippen molar-refractivity contribution in [2.75, 3.05) is 6.54 Å². The van der Waals surface area contributed by atoms with Crippen LogP contribution < -0.4 is 5.32 Å². The molecule has 78 valence electrons. The van der Waals surface area contributed by atoms with Gasteiger partial charge >= 0.3 is 0 Å². The van der Waals surface area contributed by atoms with Crippen LogP contribution in [0.3, 0.4) is 0 Å². The van der Waals surface area contributed by atoms with Crippen LogP contribution >= 0.6 is 0 Å². The van der Waals surface area contributed by atoms with Gasteiger partial charge in [-0.1, -0.05) is 6.92 Å². The molecule has 0 aliphatic heterocycles. The fourth-order valence-corrected chi connectivity index (χ4v) is 3.71. The minimum atomic E-state index is 0.220. The Morgan fingerprint density at radius 1 is 1.43 bits per heavy atom. The zero-order valence-corrected chi connectivity index (χ0v) is 8.88. The Morgan fingerprint density at radius 2 is 2.29 bits per heavy atom. The normalized spacial score (nSPS) is 47.6. The zero-order valence-electron chi connectivity index (χ0n) is 8.88. The topological polar surface area (TPSA) is 29.1 Å². The highest BCUT2D eigenvalue weighted by Gasteiger charge is 2.73. The lowest BCUT2D eigenvalue weighted by atomic mass is 9.89. The van der Waals surface area contributed by atoms with Gasteiger partial charge in [0.1, 0.15) is 0 Å². The van der Waals surface area contributed by atoms with Crippen molar-refractivity contribution < 1.29 is 4.79 Å². The summed E-state index contributed by atoms with van der Waals surface area (Å²) in [5.41, 5.74) is 0.819. The molecule has 0 aromatic carbocycles. The average Bonchev–Trinajstić information content (AvgIpc) is 3.04. The fourth-order valence-electron chi connectivity index (χ4n) is 3.71. The summed E-state index contributed by atoms with van der Waals surface area (Å²) in [6.45, 7) is 2.87. The van der Waals surface area contributed by atoms with Gasteiger partial charge < -0.3 is 5.32 Å². The first-order valence-electron chi connectivity index (χ1n) is 6.03. The van der Waals surface area contributed by atoms with E-state index in [2.05, 4.69) is 5.32 Å². The first-order chi connectivity index (χ1) is 6.76. The van der Waals surface area contributed by atoms with Gasteiger partial charge in [-0.2, -0.15) is 0 Å². The Bertz CT molecular complexity index is 275. The number of amides is 1. The van der Waals surface area contributed by atoms with Crippen LogP contribution in [0.2, 0.25) is 0 Å². The van der Waals surface area contributed by atoms with E-state index in [0.29, 0.717) is 6.42 Å². The van der Waals surface area contributed by atoms with Crippen molar-refractivity contribution in [3.05, 3.63) is 0 Å². The number of nitrogens with one attached hydrogen (secondary N) is 1. The van der Waals surface area contributed by atoms with Crippen LogP contribution in [0.5, 0.6) is 0 Å². The summed E-state index contributed by atoms with van der Waals surface area (Å²) in [5, 5.41) is 3.06. The molecule has 0 aromatic heterocycles. The fraction of sp³-hybridized carbons (Fsp3) is 0.917. The Balaban J connectivity index is 1.52. The van der Waals surface area contributed by atoms with E-state index in [1.807, 2.05) is 6.92 Å². The molecule has 0 saturated heterocycles. The van der Waals surface area contributed by atoms with Gasteiger partial charge in [-0.05, 0) is 48.9 Å². The van der Waals surface area contributed by atoms with Gasteiger partial charge in [-0.25, -0.2) is 0 Å². The van der Waals surface area contributed by atoms with Crippen LogP contribution in [-0.4, -0.2) is 12.5 Å². The van der Waals surface area contributed by atoms with E-state index in [4.69, 9.17) is 0 Å². The lowest BCUT2D eigenvalue weighted by molar-refractivity contribution is -0.121. The standard InChI is InChI=1S/C12H19NO/c1-2-11(14)13-7-8-3-4-9-5-12(9)6-10(8)12/h8-10H,2-7H2,1H3,(H,13,14). The molecule has 3 fully saturated rings. The molecule has 3 rings (SSSR count). The van der Waals surface area contributed by atoms with Gasteiger partial charge in [0.15, 0.2) is 0 Å². The van der Waals surface area contributed by atoms with Crippen LogP contribution in [0.1, 0.15) is 39.0 Å². The highest BCUT2D eigenvalue weighted by atomic mass is 16.1. The molecule has 2 nitrogen and oxygen atoms in total. The third-order valence-corrected chi connectivity index (χ3v) is 4.80. The summed E-state index contributed by atoms with van der Waals surface area (Å²) < 4.78 is 0. The van der Waals surface area contributed by atoms with Crippen LogP contribution in [0, 0.1) is 23.2 Å². The van der Waals surface area contributed by atoms with E-state index < -0.39 is 0 Å². The summed E-state index contributed by atoms with van der Waals surface area (Å²) in [4.78, 5) is 11.2. The Labute approximate surface area is 85.4 Å². The largest absolute Gasteiger partial charge is 0.356 e. The molecule has 14 heavy (non-hydrogen) atoms. The second kappa shape index (κ2) is 2.74. The molecule has 1 N–H and O–H groups in total. The van der Waals surface area contributed by atoms with E-state index in [0.717, 1.165) is 29.7 Å². The summed E-state index contributed by atoms with van der Waals surface area (Å²) in [7, 11) is 0. The van der Waals surface area contributed by atoms with Gasteiger partial charge in [-0.15, -0.1) is 0 Å². The maximum atomic E-state index is 11.2. The quantitative estimate of drug-likeness (QED) is 0.729. The van der Waals surface area contributed by atoms with E-state index >= 15 is 0 Å². The van der Waals surface area contributed by atoms with Gasteiger partial charge in [0.25, 0.3) is 0 Å². The van der Waals surface area contributed by atoms with Crippen LogP contribution in [-0.2, 0) is 4.79 Å². The molecule has 0 bridgehead atoms. The van der Waals surface area contributed by atoms with Crippen molar-refractivity contribution in [1.29, 1.82) is 0 Å². The van der Waals surface area contributed by atoms with Crippen molar-refractivity contribution in [2.24, 2.45) is 23.2 Å². The highest BCUT2D eigenvalue weighted by molar-refractivity contribution is 5.75. The Kier molecular flexibility index (Phi) is 1.71. The molecular weight excluding hydrogens is 174 g/mol. The van der Waals surface area contributed by atoms with Crippen LogP contribution in [0.4, 0.5) is 0 Å². The van der Waals surface area contributed by atoms with Crippen molar-refractivity contribution in [3.8, 4) is 0 Å². The average molecular weight is 193 g/mol. The lowest BCUT2D eigenvalue weighted by Crippen LogP contribution is -2.30. The first-order valence-corrected chi connectivity index (χ1v) is 6.03. The summed E-state index contributed by atoms with van der Waals surface area (Å²) in [6, 6.07) is 0. The zero-order chi connectivity index (χ0) is 9.76. The second-order valence-electron chi connectivity index (χ2n) is 5.44.